The highest BCUT2D eigenvalue weighted by molar-refractivity contribution is 5.79. The average Bonchev–Trinajstić information content (AvgIpc) is 2.75. The maximum absolute atomic E-state index is 9.25. The first-order valence-electron chi connectivity index (χ1n) is 11.6. The molecule has 0 radical (unpaired) electrons. The highest BCUT2D eigenvalue weighted by Gasteiger charge is 1.95. The third kappa shape index (κ3) is 87.1. The van der Waals surface area contributed by atoms with Crippen molar-refractivity contribution in [1.82, 2.24) is 0 Å². The van der Waals surface area contributed by atoms with Crippen molar-refractivity contribution in [1.29, 1.82) is 0 Å². The predicted octanol–water partition coefficient (Wildman–Crippen LogP) is 3.15. The second kappa shape index (κ2) is 38.4. The van der Waals surface area contributed by atoms with Gasteiger partial charge in [0, 0.05) is 12.2 Å². The van der Waals surface area contributed by atoms with Gasteiger partial charge in [-0.2, -0.15) is 0 Å². The lowest BCUT2D eigenvalue weighted by Gasteiger charge is -1.99. The molecule has 10 nitrogen and oxygen atoms in total. The van der Waals surface area contributed by atoms with Crippen LogP contribution in [0.3, 0.4) is 0 Å². The zero-order valence-electron chi connectivity index (χ0n) is 21.2. The number of hydrogen-bond acceptors (Lipinski definition) is 8. The first-order valence-corrected chi connectivity index (χ1v) is 11.6. The Balaban J connectivity index is -0.000000105. The summed E-state index contributed by atoms with van der Waals surface area (Å²) >= 11 is 0. The molecule has 10 heteroatoms. The number of aliphatic hydroxyl groups is 6. The molecule has 206 valence electrons. The Labute approximate surface area is 204 Å². The molecule has 34 heavy (non-hydrogen) atoms. The van der Waals surface area contributed by atoms with Crippen LogP contribution in [0.2, 0.25) is 0 Å². The van der Waals surface area contributed by atoms with Gasteiger partial charge in [-0.15, -0.1) is 0 Å². The SMILES string of the molecule is C=CC(=O)O.C=CC(=O)O.CCCCCC(O)O.CCCCCC(O)O.CCCCCC(O)O. The second-order valence-electron chi connectivity index (χ2n) is 7.01. The Bertz CT molecular complexity index is 373. The minimum atomic E-state index is -1.10. The topological polar surface area (TPSA) is 196 Å². The summed E-state index contributed by atoms with van der Waals surface area (Å²) in [6.07, 6.45) is 9.40. The van der Waals surface area contributed by atoms with Crippen molar-refractivity contribution < 1.29 is 50.4 Å². The third-order valence-electron chi connectivity index (χ3n) is 3.55. The molecule has 0 aromatic carbocycles. The smallest absolute Gasteiger partial charge is 0.327 e. The van der Waals surface area contributed by atoms with Crippen LogP contribution in [-0.2, 0) is 9.59 Å². The molecule has 0 aliphatic rings. The number of unbranched alkanes of at least 4 members (excludes halogenated alkanes) is 6. The number of aliphatic carboxylic acids is 2. The van der Waals surface area contributed by atoms with Crippen LogP contribution in [0.25, 0.3) is 0 Å². The van der Waals surface area contributed by atoms with Crippen LogP contribution in [0.4, 0.5) is 0 Å². The standard InChI is InChI=1S/3C6H14O2.2C3H4O2/c3*1-2-3-4-5-6(7)8;2*1-2-3(4)5/h3*6-8H,2-5H2,1H3;2*2H,1H2,(H,4,5). The maximum Gasteiger partial charge on any atom is 0.327 e. The zero-order chi connectivity index (χ0) is 27.8. The minimum absolute atomic E-state index is 0.522. The predicted molar refractivity (Wildman–Crippen MR) is 133 cm³/mol. The van der Waals surface area contributed by atoms with E-state index in [0.29, 0.717) is 19.3 Å². The largest absolute Gasteiger partial charge is 0.478 e. The first-order chi connectivity index (χ1) is 15.9. The average molecular weight is 499 g/mol. The molecule has 0 spiro atoms. The number of carbonyl (C=O) groups is 2. The molecule has 0 saturated carbocycles. The number of aliphatic hydroxyl groups excluding tert-OH is 3. The monoisotopic (exact) mass is 498 g/mol. The molecule has 0 fully saturated rings. The van der Waals surface area contributed by atoms with E-state index in [4.69, 9.17) is 40.9 Å². The van der Waals surface area contributed by atoms with E-state index < -0.39 is 30.8 Å². The Morgan fingerprint density at radius 1 is 0.559 bits per heavy atom. The van der Waals surface area contributed by atoms with Crippen molar-refractivity contribution in [2.24, 2.45) is 0 Å². The van der Waals surface area contributed by atoms with E-state index in [-0.39, 0.29) is 0 Å². The van der Waals surface area contributed by atoms with Crippen molar-refractivity contribution >= 4 is 11.9 Å². The highest BCUT2D eigenvalue weighted by Crippen LogP contribution is 2.01. The molecule has 0 aliphatic carbocycles. The van der Waals surface area contributed by atoms with Gasteiger partial charge in [0.05, 0.1) is 0 Å². The maximum atomic E-state index is 9.25. The van der Waals surface area contributed by atoms with Crippen molar-refractivity contribution in [3.8, 4) is 0 Å². The Hall–Kier alpha value is -1.82. The molecule has 0 aliphatic heterocycles. The van der Waals surface area contributed by atoms with Gasteiger partial charge in [-0.25, -0.2) is 9.59 Å². The van der Waals surface area contributed by atoms with Gasteiger partial charge in [0.2, 0.25) is 0 Å². The van der Waals surface area contributed by atoms with Crippen molar-refractivity contribution in [2.75, 3.05) is 0 Å². The third-order valence-corrected chi connectivity index (χ3v) is 3.55. The summed E-state index contributed by atoms with van der Waals surface area (Å²) in [6.45, 7) is 12.2. The molecule has 0 amide bonds. The molecule has 0 atom stereocenters. The summed E-state index contributed by atoms with van der Waals surface area (Å²) in [5, 5.41) is 65.2. The Kier molecular flexibility index (Phi) is 47.9. The minimum Gasteiger partial charge on any atom is -0.478 e. The van der Waals surface area contributed by atoms with E-state index in [0.717, 1.165) is 69.9 Å². The van der Waals surface area contributed by atoms with E-state index in [1.807, 2.05) is 0 Å². The van der Waals surface area contributed by atoms with Gasteiger partial charge < -0.3 is 40.9 Å². The molecule has 0 unspecified atom stereocenters. The van der Waals surface area contributed by atoms with E-state index in [1.54, 1.807) is 0 Å². The summed E-state index contributed by atoms with van der Waals surface area (Å²) in [5.41, 5.74) is 0. The Morgan fingerprint density at radius 3 is 0.824 bits per heavy atom. The fraction of sp³-hybridized carbons (Fsp3) is 0.750. The zero-order valence-corrected chi connectivity index (χ0v) is 21.2. The quantitative estimate of drug-likeness (QED) is 0.100. The molecule has 0 aromatic heterocycles. The first kappa shape index (κ1) is 42.3. The van der Waals surface area contributed by atoms with Crippen LogP contribution < -0.4 is 0 Å². The summed E-state index contributed by atoms with van der Waals surface area (Å²) in [6, 6.07) is 0. The number of rotatable bonds is 14. The van der Waals surface area contributed by atoms with Gasteiger partial charge in [-0.05, 0) is 38.5 Å². The summed E-state index contributed by atoms with van der Waals surface area (Å²) < 4.78 is 0. The lowest BCUT2D eigenvalue weighted by molar-refractivity contribution is -0.132. The number of hydrogen-bond donors (Lipinski definition) is 8. The van der Waals surface area contributed by atoms with E-state index >= 15 is 0 Å². The fourth-order valence-electron chi connectivity index (χ4n) is 1.73. The van der Waals surface area contributed by atoms with Crippen LogP contribution >= 0.6 is 0 Å². The fourth-order valence-corrected chi connectivity index (χ4v) is 1.73. The van der Waals surface area contributed by atoms with Crippen LogP contribution in [0.1, 0.15) is 97.8 Å². The van der Waals surface area contributed by atoms with Gasteiger partial charge in [0.1, 0.15) is 0 Å². The molecular weight excluding hydrogens is 448 g/mol. The number of carboxylic acids is 2. The van der Waals surface area contributed by atoms with Crippen LogP contribution in [0, 0.1) is 0 Å². The van der Waals surface area contributed by atoms with Crippen molar-refractivity contribution in [2.45, 2.75) is 117 Å². The molecule has 0 aromatic rings. The van der Waals surface area contributed by atoms with Crippen molar-refractivity contribution in [3.05, 3.63) is 25.3 Å². The summed E-state index contributed by atoms with van der Waals surface area (Å²) in [7, 11) is 0. The molecule has 0 saturated heterocycles. The molecule has 0 rings (SSSR count). The number of carboxylic acid groups (broad SMARTS) is 2. The lowest BCUT2D eigenvalue weighted by Crippen LogP contribution is -2.02. The van der Waals surface area contributed by atoms with Crippen LogP contribution in [0.5, 0.6) is 0 Å². The van der Waals surface area contributed by atoms with Crippen molar-refractivity contribution in [3.63, 3.8) is 0 Å². The molecule has 0 bridgehead atoms. The molecule has 0 heterocycles. The van der Waals surface area contributed by atoms with Gasteiger partial charge in [-0.1, -0.05) is 72.5 Å². The van der Waals surface area contributed by atoms with Gasteiger partial charge >= 0.3 is 11.9 Å². The van der Waals surface area contributed by atoms with Gasteiger partial charge in [-0.3, -0.25) is 0 Å². The summed E-state index contributed by atoms with van der Waals surface area (Å²) in [5.74, 6) is -1.96. The van der Waals surface area contributed by atoms with E-state index in [9.17, 15) is 9.59 Å². The molecular formula is C24H50O10. The van der Waals surface area contributed by atoms with Gasteiger partial charge in [0.25, 0.3) is 0 Å². The van der Waals surface area contributed by atoms with Gasteiger partial charge in [0.15, 0.2) is 18.9 Å². The van der Waals surface area contributed by atoms with E-state index in [1.165, 1.54) is 0 Å². The Morgan fingerprint density at radius 2 is 0.735 bits per heavy atom. The summed E-state index contributed by atoms with van der Waals surface area (Å²) in [4.78, 5) is 18.5. The normalized spacial score (nSPS) is 9.29. The lowest BCUT2D eigenvalue weighted by atomic mass is 10.2. The highest BCUT2D eigenvalue weighted by atomic mass is 16.5. The molecule has 8 N–H and O–H groups in total. The van der Waals surface area contributed by atoms with E-state index in [2.05, 4.69) is 33.9 Å². The van der Waals surface area contributed by atoms with Crippen LogP contribution in [0.15, 0.2) is 25.3 Å². The van der Waals surface area contributed by atoms with Crippen LogP contribution in [-0.4, -0.2) is 71.7 Å². The second-order valence-corrected chi connectivity index (χ2v) is 7.01.